The molecule has 0 aliphatic rings. The van der Waals surface area contributed by atoms with E-state index in [2.05, 4.69) is 0 Å². The molecule has 0 spiro atoms. The zero-order chi connectivity index (χ0) is 24.2. The summed E-state index contributed by atoms with van der Waals surface area (Å²) in [6, 6.07) is 16.4. The minimum absolute atomic E-state index is 0.0421. The fourth-order valence-electron chi connectivity index (χ4n) is 3.47. The summed E-state index contributed by atoms with van der Waals surface area (Å²) in [6.45, 7) is 1.62. The van der Waals surface area contributed by atoms with Crippen molar-refractivity contribution in [3.8, 4) is 34.5 Å². The number of fused-ring (bicyclic) bond motifs is 1. The first-order valence-electron chi connectivity index (χ1n) is 10.3. The molecule has 0 saturated carbocycles. The zero-order valence-electron chi connectivity index (χ0n) is 19.0. The molecule has 0 unspecified atom stereocenters. The number of hydrogen-bond acceptors (Lipinski definition) is 8. The van der Waals surface area contributed by atoms with Crippen LogP contribution in [0.4, 0.5) is 0 Å². The van der Waals surface area contributed by atoms with Crippen molar-refractivity contribution in [1.82, 2.24) is 0 Å². The smallest absolute Gasteiger partial charge is 0.351 e. The number of carbonyl (C=O) groups excluding carboxylic acids is 1. The third kappa shape index (κ3) is 4.25. The van der Waals surface area contributed by atoms with Crippen LogP contribution in [0.25, 0.3) is 11.0 Å². The van der Waals surface area contributed by atoms with Crippen molar-refractivity contribution in [2.75, 3.05) is 21.3 Å². The summed E-state index contributed by atoms with van der Waals surface area (Å²) in [5.74, 6) is 1.30. The Balaban J connectivity index is 1.68. The second-order valence-corrected chi connectivity index (χ2v) is 7.15. The molecular weight excluding hydrogens is 440 g/mol. The van der Waals surface area contributed by atoms with Crippen molar-refractivity contribution in [2.24, 2.45) is 0 Å². The molecule has 0 atom stereocenters. The van der Waals surface area contributed by atoms with E-state index in [1.165, 1.54) is 39.5 Å². The van der Waals surface area contributed by atoms with Crippen LogP contribution in [0.15, 0.2) is 69.9 Å². The van der Waals surface area contributed by atoms with Crippen molar-refractivity contribution < 1.29 is 32.9 Å². The van der Waals surface area contributed by atoms with E-state index in [1.54, 1.807) is 49.4 Å². The summed E-state index contributed by atoms with van der Waals surface area (Å²) in [4.78, 5) is 26.0. The van der Waals surface area contributed by atoms with Gasteiger partial charge < -0.3 is 28.1 Å². The van der Waals surface area contributed by atoms with E-state index in [1.807, 2.05) is 0 Å². The van der Waals surface area contributed by atoms with Crippen molar-refractivity contribution in [3.63, 3.8) is 0 Å². The molecule has 8 heteroatoms. The number of para-hydroxylation sites is 2. The van der Waals surface area contributed by atoms with E-state index in [0.717, 1.165) is 0 Å². The molecule has 0 aliphatic carbocycles. The van der Waals surface area contributed by atoms with Gasteiger partial charge in [-0.05, 0) is 43.3 Å². The quantitative estimate of drug-likeness (QED) is 0.275. The number of hydrogen-bond donors (Lipinski definition) is 0. The number of esters is 1. The van der Waals surface area contributed by atoms with Gasteiger partial charge in [-0.2, -0.15) is 0 Å². The van der Waals surface area contributed by atoms with E-state index in [9.17, 15) is 9.59 Å². The highest BCUT2D eigenvalue weighted by Gasteiger charge is 2.21. The molecule has 0 amide bonds. The lowest BCUT2D eigenvalue weighted by Gasteiger charge is -2.13. The largest absolute Gasteiger partial charge is 0.496 e. The molecule has 1 heterocycles. The van der Waals surface area contributed by atoms with Crippen LogP contribution < -0.4 is 29.1 Å². The highest BCUT2D eigenvalue weighted by atomic mass is 16.5. The monoisotopic (exact) mass is 462 g/mol. The third-order valence-corrected chi connectivity index (χ3v) is 5.11. The van der Waals surface area contributed by atoms with Gasteiger partial charge in [0.25, 0.3) is 0 Å². The standard InChI is InChI=1S/C26H22O8/c1-15-25(34-19-9-6-5-8-18(19)29-2)24(27)17-13-12-16(14-22(17)32-15)33-26(28)23-20(30-3)10-7-11-21(23)31-4/h5-14H,1-4H3. The van der Waals surface area contributed by atoms with Crippen LogP contribution in [0.1, 0.15) is 16.1 Å². The molecule has 0 bridgehead atoms. The Bertz CT molecular complexity index is 1400. The molecule has 0 saturated heterocycles. The topological polar surface area (TPSA) is 93.4 Å². The molecule has 34 heavy (non-hydrogen) atoms. The molecule has 4 rings (SSSR count). The number of methoxy groups -OCH3 is 3. The molecule has 3 aromatic carbocycles. The van der Waals surface area contributed by atoms with E-state index >= 15 is 0 Å². The lowest BCUT2D eigenvalue weighted by molar-refractivity contribution is 0.0727. The molecular formula is C26H22O8. The molecule has 0 fully saturated rings. The minimum atomic E-state index is -0.677. The van der Waals surface area contributed by atoms with Crippen molar-refractivity contribution in [2.45, 2.75) is 6.92 Å². The number of aryl methyl sites for hydroxylation is 1. The van der Waals surface area contributed by atoms with Crippen LogP contribution >= 0.6 is 0 Å². The second kappa shape index (κ2) is 9.58. The van der Waals surface area contributed by atoms with Crippen LogP contribution in [0.3, 0.4) is 0 Å². The highest BCUT2D eigenvalue weighted by Crippen LogP contribution is 2.33. The Morgan fingerprint density at radius 1 is 0.794 bits per heavy atom. The molecule has 0 N–H and O–H groups in total. The van der Waals surface area contributed by atoms with Gasteiger partial charge in [-0.1, -0.05) is 18.2 Å². The van der Waals surface area contributed by atoms with Crippen molar-refractivity contribution in [1.29, 1.82) is 0 Å². The highest BCUT2D eigenvalue weighted by molar-refractivity contribution is 5.97. The molecule has 1 aromatic heterocycles. The molecule has 0 radical (unpaired) electrons. The summed E-state index contributed by atoms with van der Waals surface area (Å²) < 4.78 is 33.0. The summed E-state index contributed by atoms with van der Waals surface area (Å²) in [5.41, 5.74) is 0.0203. The summed E-state index contributed by atoms with van der Waals surface area (Å²) in [5, 5.41) is 0.269. The second-order valence-electron chi connectivity index (χ2n) is 7.15. The predicted molar refractivity (Wildman–Crippen MR) is 125 cm³/mol. The maximum absolute atomic E-state index is 13.1. The first-order valence-corrected chi connectivity index (χ1v) is 10.3. The van der Waals surface area contributed by atoms with Crippen molar-refractivity contribution >= 4 is 16.9 Å². The fourth-order valence-corrected chi connectivity index (χ4v) is 3.47. The molecule has 8 nitrogen and oxygen atoms in total. The molecule has 4 aromatic rings. The van der Waals surface area contributed by atoms with Crippen molar-refractivity contribution in [3.05, 3.63) is 82.2 Å². The van der Waals surface area contributed by atoms with Gasteiger partial charge in [0.15, 0.2) is 11.5 Å². The fraction of sp³-hybridized carbons (Fsp3) is 0.154. The Kier molecular flexibility index (Phi) is 6.40. The first-order chi connectivity index (χ1) is 16.5. The lowest BCUT2D eigenvalue weighted by atomic mass is 10.1. The van der Waals surface area contributed by atoms with Gasteiger partial charge in [-0.25, -0.2) is 4.79 Å². The SMILES string of the molecule is COc1ccccc1Oc1c(C)oc2cc(OC(=O)c3c(OC)cccc3OC)ccc2c1=O. The Hall–Kier alpha value is -4.46. The van der Waals surface area contributed by atoms with E-state index in [4.69, 9.17) is 28.1 Å². The zero-order valence-corrected chi connectivity index (χ0v) is 19.0. The van der Waals surface area contributed by atoms with Gasteiger partial charge in [0.1, 0.15) is 34.2 Å². The van der Waals surface area contributed by atoms with Gasteiger partial charge in [-0.3, -0.25) is 4.79 Å². The minimum Gasteiger partial charge on any atom is -0.496 e. The van der Waals surface area contributed by atoms with Crippen LogP contribution in [-0.2, 0) is 0 Å². The Labute approximate surface area is 195 Å². The Morgan fingerprint density at radius 3 is 2.06 bits per heavy atom. The van der Waals surface area contributed by atoms with Crippen LogP contribution in [0.2, 0.25) is 0 Å². The van der Waals surface area contributed by atoms with Gasteiger partial charge in [0.2, 0.25) is 11.2 Å². The average molecular weight is 462 g/mol. The van der Waals surface area contributed by atoms with E-state index < -0.39 is 5.97 Å². The predicted octanol–water partition coefficient (Wildman–Crippen LogP) is 5.14. The summed E-state index contributed by atoms with van der Waals surface area (Å²) in [7, 11) is 4.41. The third-order valence-electron chi connectivity index (χ3n) is 5.11. The van der Waals surface area contributed by atoms with Crippen LogP contribution in [-0.4, -0.2) is 27.3 Å². The van der Waals surface area contributed by atoms with Gasteiger partial charge in [0.05, 0.1) is 26.7 Å². The van der Waals surface area contributed by atoms with Crippen LogP contribution in [0.5, 0.6) is 34.5 Å². The van der Waals surface area contributed by atoms with E-state index in [-0.39, 0.29) is 39.2 Å². The maximum atomic E-state index is 13.1. The Morgan fingerprint density at radius 2 is 1.41 bits per heavy atom. The number of carbonyl (C=O) groups is 1. The number of benzene rings is 3. The van der Waals surface area contributed by atoms with Crippen LogP contribution in [0, 0.1) is 6.92 Å². The lowest BCUT2D eigenvalue weighted by Crippen LogP contribution is -2.12. The average Bonchev–Trinajstić information content (AvgIpc) is 2.85. The summed E-state index contributed by atoms with van der Waals surface area (Å²) in [6.07, 6.45) is 0. The number of rotatable bonds is 7. The maximum Gasteiger partial charge on any atom is 0.351 e. The van der Waals surface area contributed by atoms with Gasteiger partial charge >= 0.3 is 5.97 Å². The normalized spacial score (nSPS) is 10.6. The molecule has 0 aliphatic heterocycles. The van der Waals surface area contributed by atoms with E-state index in [0.29, 0.717) is 23.0 Å². The number of ether oxygens (including phenoxy) is 5. The molecule has 174 valence electrons. The summed E-state index contributed by atoms with van der Waals surface area (Å²) >= 11 is 0. The van der Waals surface area contributed by atoms with Gasteiger partial charge in [0, 0.05) is 6.07 Å². The first kappa shape index (κ1) is 22.7. The van der Waals surface area contributed by atoms with Gasteiger partial charge in [-0.15, -0.1) is 0 Å².